The normalized spacial score (nSPS) is 13.4. The molecular weight excluding hydrogens is 565 g/mol. The number of hydroxylamine groups is 1. The van der Waals surface area contributed by atoms with E-state index < -0.39 is 16.1 Å². The number of rotatable bonds is 18. The number of carbonyl (C=O) groups excluding carboxylic acids is 1. The fourth-order valence-electron chi connectivity index (χ4n) is 5.00. The molecule has 1 N–H and O–H groups in total. The van der Waals surface area contributed by atoms with Gasteiger partial charge in [-0.2, -0.15) is 4.62 Å². The number of nitrogens with one attached hydrogen (secondary N) is 1. The third-order valence-corrected chi connectivity index (χ3v) is 13.4. The Kier molecular flexibility index (Phi) is 13.6. The lowest BCUT2D eigenvalue weighted by molar-refractivity contribution is -0.129. The zero-order valence-electron chi connectivity index (χ0n) is 25.4. The molecule has 0 aromatic heterocycles. The molecule has 0 radical (unpaired) electrons. The Bertz CT molecular complexity index is 1200. The average Bonchev–Trinajstić information content (AvgIpc) is 2.99. The van der Waals surface area contributed by atoms with E-state index in [9.17, 15) is 9.36 Å². The second-order valence-corrected chi connectivity index (χ2v) is 17.3. The predicted octanol–water partition coefficient (Wildman–Crippen LogP) is 7.31. The van der Waals surface area contributed by atoms with Crippen molar-refractivity contribution in [2.24, 2.45) is 0 Å². The van der Waals surface area contributed by atoms with Gasteiger partial charge < -0.3 is 4.43 Å². The number of amides is 1. The topological polar surface area (TPSA) is 83.1 Å². The summed E-state index contributed by atoms with van der Waals surface area (Å²) in [4.78, 5) is 12.5. The summed E-state index contributed by atoms with van der Waals surface area (Å²) in [5, 5.41) is 1.82. The first kappa shape index (κ1) is 33.9. The van der Waals surface area contributed by atoms with E-state index in [1.807, 2.05) is 66.7 Å². The largest absolute Gasteiger partial charge is 0.498 e. The van der Waals surface area contributed by atoms with Gasteiger partial charge in [-0.3, -0.25) is 13.8 Å². The highest BCUT2D eigenvalue weighted by molar-refractivity contribution is 7.48. The van der Waals surface area contributed by atoms with Gasteiger partial charge in [0.25, 0.3) is 8.32 Å². The molecule has 0 saturated carbocycles. The Hall–Kier alpha value is -2.58. The first-order valence-electron chi connectivity index (χ1n) is 14.9. The number of hydrogen-bond donors (Lipinski definition) is 1. The molecule has 1 atom stereocenters. The minimum Gasteiger partial charge on any atom is -0.384 e. The Morgan fingerprint density at radius 1 is 0.786 bits per heavy atom. The van der Waals surface area contributed by atoms with Crippen LogP contribution >= 0.6 is 7.82 Å². The van der Waals surface area contributed by atoms with Crippen LogP contribution in [0.25, 0.3) is 0 Å². The lowest BCUT2D eigenvalue weighted by Crippen LogP contribution is -2.66. The molecule has 0 fully saturated rings. The highest BCUT2D eigenvalue weighted by Crippen LogP contribution is 2.49. The van der Waals surface area contributed by atoms with Gasteiger partial charge in [-0.05, 0) is 33.8 Å². The maximum Gasteiger partial charge on any atom is 0.498 e. The average molecular weight is 612 g/mol. The molecular formula is C33H46NO6PSi. The summed E-state index contributed by atoms with van der Waals surface area (Å²) in [6.07, 6.45) is 5.80. The molecule has 3 rings (SSSR count). The van der Waals surface area contributed by atoms with Crippen molar-refractivity contribution < 1.29 is 27.5 Å². The number of carbonyl (C=O) groups is 1. The van der Waals surface area contributed by atoms with Crippen molar-refractivity contribution >= 4 is 32.4 Å². The van der Waals surface area contributed by atoms with Crippen LogP contribution in [0.4, 0.5) is 0 Å². The molecule has 0 bridgehead atoms. The van der Waals surface area contributed by atoms with E-state index in [4.69, 9.17) is 18.1 Å². The maximum atomic E-state index is 13.8. The van der Waals surface area contributed by atoms with Crippen molar-refractivity contribution in [1.29, 1.82) is 0 Å². The number of phosphoric ester groups is 1. The molecule has 9 heteroatoms. The standard InChI is InChI=1S/C33H46NO6PSi/c1-5-6-7-8-18-25-32(35)34-40-41(36,37-27-26-29-19-12-9-13-20-29)38-28-39-42(33(2,3)4,30-21-14-10-15-22-30)31-23-16-11-17-24-31/h9-17,19-24H,5-8,18,25-28H2,1-4H3,(H,34,35). The lowest BCUT2D eigenvalue weighted by Gasteiger charge is -2.42. The van der Waals surface area contributed by atoms with E-state index in [1.165, 1.54) is 0 Å². The van der Waals surface area contributed by atoms with Crippen molar-refractivity contribution in [3.63, 3.8) is 0 Å². The molecule has 42 heavy (non-hydrogen) atoms. The molecule has 0 aliphatic rings. The monoisotopic (exact) mass is 611 g/mol. The van der Waals surface area contributed by atoms with E-state index in [2.05, 4.69) is 57.4 Å². The molecule has 7 nitrogen and oxygen atoms in total. The molecule has 0 aliphatic carbocycles. The van der Waals surface area contributed by atoms with Crippen LogP contribution in [0.3, 0.4) is 0 Å². The van der Waals surface area contributed by atoms with E-state index in [-0.39, 0.29) is 30.8 Å². The molecule has 0 heterocycles. The predicted molar refractivity (Wildman–Crippen MR) is 171 cm³/mol. The highest BCUT2D eigenvalue weighted by Gasteiger charge is 2.50. The van der Waals surface area contributed by atoms with Gasteiger partial charge >= 0.3 is 7.82 Å². The summed E-state index contributed by atoms with van der Waals surface area (Å²) < 4.78 is 37.3. The van der Waals surface area contributed by atoms with Gasteiger partial charge in [0.05, 0.1) is 6.61 Å². The van der Waals surface area contributed by atoms with Gasteiger partial charge in [0.15, 0.2) is 0 Å². The zero-order chi connectivity index (χ0) is 30.3. The zero-order valence-corrected chi connectivity index (χ0v) is 27.3. The fraction of sp³-hybridized carbons (Fsp3) is 0.424. The molecule has 228 valence electrons. The minimum atomic E-state index is -4.22. The molecule has 1 amide bonds. The van der Waals surface area contributed by atoms with Gasteiger partial charge in [0.1, 0.15) is 6.79 Å². The molecule has 1 unspecified atom stereocenters. The van der Waals surface area contributed by atoms with Crippen LogP contribution < -0.4 is 15.9 Å². The number of benzene rings is 3. The van der Waals surface area contributed by atoms with E-state index in [0.717, 1.165) is 48.0 Å². The summed E-state index contributed by atoms with van der Waals surface area (Å²) >= 11 is 0. The van der Waals surface area contributed by atoms with Crippen LogP contribution in [0, 0.1) is 0 Å². The minimum absolute atomic E-state index is 0.0768. The first-order chi connectivity index (χ1) is 20.2. The maximum absolute atomic E-state index is 13.8. The lowest BCUT2D eigenvalue weighted by atomic mass is 10.1. The van der Waals surface area contributed by atoms with Gasteiger partial charge in [0, 0.05) is 6.42 Å². The third kappa shape index (κ3) is 10.0. The highest BCUT2D eigenvalue weighted by atomic mass is 31.2. The van der Waals surface area contributed by atoms with Gasteiger partial charge in [-0.25, -0.2) is 10.0 Å². The second-order valence-electron chi connectivity index (χ2n) is 11.4. The van der Waals surface area contributed by atoms with E-state index in [1.54, 1.807) is 0 Å². The summed E-state index contributed by atoms with van der Waals surface area (Å²) in [5.41, 5.74) is 3.33. The Labute approximate surface area is 252 Å². The van der Waals surface area contributed by atoms with Gasteiger partial charge in [0.2, 0.25) is 5.91 Å². The summed E-state index contributed by atoms with van der Waals surface area (Å²) in [7, 11) is -7.17. The van der Waals surface area contributed by atoms with Crippen LogP contribution in [-0.4, -0.2) is 27.6 Å². The van der Waals surface area contributed by atoms with Crippen LogP contribution in [0.5, 0.6) is 0 Å². The van der Waals surface area contributed by atoms with Crippen molar-refractivity contribution in [2.45, 2.75) is 77.7 Å². The number of unbranched alkanes of at least 4 members (excludes halogenated alkanes) is 4. The first-order valence-corrected chi connectivity index (χ1v) is 18.2. The van der Waals surface area contributed by atoms with Crippen LogP contribution in [0.1, 0.15) is 71.8 Å². The molecule has 0 spiro atoms. The third-order valence-electron chi connectivity index (χ3n) is 7.16. The number of phosphoric acid groups is 1. The van der Waals surface area contributed by atoms with E-state index >= 15 is 0 Å². The smallest absolute Gasteiger partial charge is 0.384 e. The van der Waals surface area contributed by atoms with Gasteiger partial charge in [-0.1, -0.05) is 144 Å². The van der Waals surface area contributed by atoms with Crippen molar-refractivity contribution in [2.75, 3.05) is 13.4 Å². The summed E-state index contributed by atoms with van der Waals surface area (Å²) in [6, 6.07) is 29.9. The van der Waals surface area contributed by atoms with Crippen molar-refractivity contribution in [1.82, 2.24) is 5.48 Å². The van der Waals surface area contributed by atoms with E-state index in [0.29, 0.717) is 6.42 Å². The van der Waals surface area contributed by atoms with Crippen LogP contribution in [0.15, 0.2) is 91.0 Å². The number of hydrogen-bond acceptors (Lipinski definition) is 6. The van der Waals surface area contributed by atoms with Crippen LogP contribution in [0.2, 0.25) is 5.04 Å². The van der Waals surface area contributed by atoms with Crippen molar-refractivity contribution in [3.8, 4) is 0 Å². The Balaban J connectivity index is 1.75. The van der Waals surface area contributed by atoms with Gasteiger partial charge in [-0.15, -0.1) is 0 Å². The summed E-state index contributed by atoms with van der Waals surface area (Å²) in [5.74, 6) is -0.366. The van der Waals surface area contributed by atoms with Crippen LogP contribution in [-0.2, 0) is 33.9 Å². The summed E-state index contributed by atoms with van der Waals surface area (Å²) in [6.45, 7) is 8.31. The molecule has 0 saturated heterocycles. The molecule has 3 aromatic rings. The second kappa shape index (κ2) is 16.9. The SMILES string of the molecule is CCCCCCCC(=O)NOP(=O)(OCCc1ccccc1)OCO[Si](c1ccccc1)(c1ccccc1)C(C)(C)C. The quantitative estimate of drug-likeness (QED) is 0.0534. The fourth-order valence-corrected chi connectivity index (χ4v) is 10.4. The Morgan fingerprint density at radius 3 is 1.88 bits per heavy atom. The molecule has 3 aromatic carbocycles. The molecule has 0 aliphatic heterocycles. The van der Waals surface area contributed by atoms with Crippen molar-refractivity contribution in [3.05, 3.63) is 96.6 Å². The Morgan fingerprint density at radius 2 is 1.33 bits per heavy atom.